The van der Waals surface area contributed by atoms with Crippen molar-refractivity contribution < 1.29 is 9.53 Å². The molecule has 0 atom stereocenters. The minimum Gasteiger partial charge on any atom is -0.468 e. The zero-order valence-electron chi connectivity index (χ0n) is 10.3. The number of ether oxygens (including phenoxy) is 1. The number of esters is 1. The summed E-state index contributed by atoms with van der Waals surface area (Å²) in [6, 6.07) is 0. The third-order valence-electron chi connectivity index (χ3n) is 2.47. The van der Waals surface area contributed by atoms with Crippen molar-refractivity contribution >= 4 is 11.8 Å². The van der Waals surface area contributed by atoms with Gasteiger partial charge in [0.25, 0.3) is 5.56 Å². The monoisotopic (exact) mass is 239 g/mol. The maximum atomic E-state index is 12.0. The van der Waals surface area contributed by atoms with Crippen molar-refractivity contribution in [3.05, 3.63) is 22.7 Å². The average Bonchev–Trinajstić information content (AvgIpc) is 2.36. The molecule has 0 N–H and O–H groups in total. The maximum Gasteiger partial charge on any atom is 0.325 e. The van der Waals surface area contributed by atoms with Crippen molar-refractivity contribution in [3.63, 3.8) is 0 Å². The lowest BCUT2D eigenvalue weighted by Crippen LogP contribution is -2.37. The molecule has 6 heteroatoms. The number of aryl methyl sites for hydroxylation is 1. The second-order valence-corrected chi connectivity index (χ2v) is 3.43. The van der Waals surface area contributed by atoms with Gasteiger partial charge in [-0.15, -0.1) is 0 Å². The van der Waals surface area contributed by atoms with E-state index in [4.69, 9.17) is 0 Å². The van der Waals surface area contributed by atoms with Crippen LogP contribution in [0, 0.1) is 0 Å². The Kier molecular flexibility index (Phi) is 4.68. The van der Waals surface area contributed by atoms with Gasteiger partial charge in [-0.3, -0.25) is 9.59 Å². The number of carbonyl (C=O) groups is 1. The number of rotatable bonds is 5. The van der Waals surface area contributed by atoms with Gasteiger partial charge in [0.05, 0.1) is 7.11 Å². The molecule has 17 heavy (non-hydrogen) atoms. The van der Waals surface area contributed by atoms with Crippen LogP contribution in [0.4, 0.5) is 5.82 Å². The van der Waals surface area contributed by atoms with E-state index < -0.39 is 0 Å². The SMILES string of the molecule is CCN(CC(=O)OC)c1nccn(CC)c1=O. The first kappa shape index (κ1) is 13.2. The number of likely N-dealkylation sites (N-methyl/N-ethyl adjacent to an activating group) is 1. The highest BCUT2D eigenvalue weighted by Gasteiger charge is 2.15. The molecule has 0 aliphatic carbocycles. The fourth-order valence-corrected chi connectivity index (χ4v) is 1.46. The highest BCUT2D eigenvalue weighted by atomic mass is 16.5. The van der Waals surface area contributed by atoms with Crippen LogP contribution in [0.3, 0.4) is 0 Å². The van der Waals surface area contributed by atoms with Crippen molar-refractivity contribution in [1.82, 2.24) is 9.55 Å². The third-order valence-corrected chi connectivity index (χ3v) is 2.47. The maximum absolute atomic E-state index is 12.0. The van der Waals surface area contributed by atoms with Gasteiger partial charge in [-0.1, -0.05) is 0 Å². The van der Waals surface area contributed by atoms with Crippen molar-refractivity contribution in [1.29, 1.82) is 0 Å². The van der Waals surface area contributed by atoms with Gasteiger partial charge < -0.3 is 14.2 Å². The normalized spacial score (nSPS) is 10.1. The number of methoxy groups -OCH3 is 1. The second kappa shape index (κ2) is 6.03. The van der Waals surface area contributed by atoms with E-state index in [-0.39, 0.29) is 23.9 Å². The molecule has 0 radical (unpaired) electrons. The highest BCUT2D eigenvalue weighted by molar-refractivity contribution is 5.75. The Bertz CT molecular complexity index is 442. The quantitative estimate of drug-likeness (QED) is 0.690. The lowest BCUT2D eigenvalue weighted by molar-refractivity contribution is -0.138. The molecule has 0 spiro atoms. The smallest absolute Gasteiger partial charge is 0.325 e. The van der Waals surface area contributed by atoms with Crippen molar-refractivity contribution in [2.24, 2.45) is 0 Å². The Morgan fingerprint density at radius 3 is 2.76 bits per heavy atom. The molecule has 0 aromatic carbocycles. The first-order chi connectivity index (χ1) is 8.13. The number of hydrogen-bond acceptors (Lipinski definition) is 5. The molecular weight excluding hydrogens is 222 g/mol. The van der Waals surface area contributed by atoms with Gasteiger partial charge in [-0.05, 0) is 13.8 Å². The number of aromatic nitrogens is 2. The Balaban J connectivity index is 3.04. The minimum atomic E-state index is -0.389. The van der Waals surface area contributed by atoms with Crippen molar-refractivity contribution in [2.45, 2.75) is 20.4 Å². The Morgan fingerprint density at radius 1 is 1.53 bits per heavy atom. The molecule has 0 fully saturated rings. The molecule has 0 saturated heterocycles. The number of nitrogens with zero attached hydrogens (tertiary/aromatic N) is 3. The summed E-state index contributed by atoms with van der Waals surface area (Å²) in [4.78, 5) is 28.8. The second-order valence-electron chi connectivity index (χ2n) is 3.43. The van der Waals surface area contributed by atoms with Crippen molar-refractivity contribution in [2.75, 3.05) is 25.1 Å². The van der Waals surface area contributed by atoms with Crippen LogP contribution >= 0.6 is 0 Å². The van der Waals surface area contributed by atoms with Crippen LogP contribution in [0.5, 0.6) is 0 Å². The highest BCUT2D eigenvalue weighted by Crippen LogP contribution is 2.03. The summed E-state index contributed by atoms with van der Waals surface area (Å²) in [5.41, 5.74) is -0.194. The summed E-state index contributed by atoms with van der Waals surface area (Å²) >= 11 is 0. The predicted molar refractivity (Wildman–Crippen MR) is 64.1 cm³/mol. The Labute approximate surface area is 99.8 Å². The van der Waals surface area contributed by atoms with Gasteiger partial charge in [0, 0.05) is 25.5 Å². The largest absolute Gasteiger partial charge is 0.468 e. The van der Waals surface area contributed by atoms with Crippen molar-refractivity contribution in [3.8, 4) is 0 Å². The zero-order valence-corrected chi connectivity index (χ0v) is 10.3. The molecular formula is C11H17N3O3. The lowest BCUT2D eigenvalue weighted by atomic mass is 10.4. The Morgan fingerprint density at radius 2 is 2.24 bits per heavy atom. The number of anilines is 1. The number of carbonyl (C=O) groups excluding carboxylic acids is 1. The minimum absolute atomic E-state index is 0.0307. The first-order valence-corrected chi connectivity index (χ1v) is 5.51. The van der Waals surface area contributed by atoms with Crippen LogP contribution in [0.15, 0.2) is 17.2 Å². The summed E-state index contributed by atoms with van der Waals surface area (Å²) in [7, 11) is 1.32. The topological polar surface area (TPSA) is 64.4 Å². The van der Waals surface area contributed by atoms with Gasteiger partial charge in [-0.2, -0.15) is 0 Å². The van der Waals surface area contributed by atoms with E-state index in [2.05, 4.69) is 9.72 Å². The van der Waals surface area contributed by atoms with Gasteiger partial charge in [0.1, 0.15) is 6.54 Å². The standard InChI is InChI=1S/C11H17N3O3/c1-4-13-7-6-12-10(11(13)16)14(5-2)8-9(15)17-3/h6-7H,4-5,8H2,1-3H3. The molecule has 0 saturated carbocycles. The fraction of sp³-hybridized carbons (Fsp3) is 0.545. The van der Waals surface area contributed by atoms with Crippen LogP contribution in [-0.4, -0.2) is 35.7 Å². The molecule has 1 heterocycles. The lowest BCUT2D eigenvalue weighted by Gasteiger charge is -2.20. The summed E-state index contributed by atoms with van der Waals surface area (Å²) < 4.78 is 6.13. The summed E-state index contributed by atoms with van der Waals surface area (Å²) in [6.07, 6.45) is 3.18. The van der Waals surface area contributed by atoms with E-state index in [1.165, 1.54) is 7.11 Å². The van der Waals surface area contributed by atoms with Crippen LogP contribution in [-0.2, 0) is 16.1 Å². The predicted octanol–water partition coefficient (Wildman–Crippen LogP) is 0.262. The van der Waals surface area contributed by atoms with E-state index in [1.54, 1.807) is 21.9 Å². The first-order valence-electron chi connectivity index (χ1n) is 5.51. The van der Waals surface area contributed by atoms with E-state index in [0.29, 0.717) is 13.1 Å². The molecule has 0 aliphatic heterocycles. The third kappa shape index (κ3) is 3.05. The molecule has 1 aromatic rings. The molecule has 1 aromatic heterocycles. The van der Waals surface area contributed by atoms with Crippen LogP contribution in [0.25, 0.3) is 0 Å². The Hall–Kier alpha value is -1.85. The molecule has 0 unspecified atom stereocenters. The van der Waals surface area contributed by atoms with E-state index >= 15 is 0 Å². The summed E-state index contributed by atoms with van der Waals surface area (Å²) in [6.45, 7) is 4.85. The van der Waals surface area contributed by atoms with Gasteiger partial charge in [0.2, 0.25) is 0 Å². The molecule has 94 valence electrons. The average molecular weight is 239 g/mol. The zero-order chi connectivity index (χ0) is 12.8. The van der Waals surface area contributed by atoms with Gasteiger partial charge in [-0.25, -0.2) is 4.98 Å². The summed E-state index contributed by atoms with van der Waals surface area (Å²) in [5.74, 6) is -0.109. The van der Waals surface area contributed by atoms with Gasteiger partial charge >= 0.3 is 5.97 Å². The van der Waals surface area contributed by atoms with Gasteiger partial charge in [0.15, 0.2) is 5.82 Å². The van der Waals surface area contributed by atoms with E-state index in [9.17, 15) is 9.59 Å². The molecule has 1 rings (SSSR count). The molecule has 0 amide bonds. The van der Waals surface area contributed by atoms with Crippen LogP contribution < -0.4 is 10.5 Å². The number of hydrogen-bond donors (Lipinski definition) is 0. The van der Waals surface area contributed by atoms with Crippen LogP contribution in [0.2, 0.25) is 0 Å². The van der Waals surface area contributed by atoms with E-state index in [0.717, 1.165) is 0 Å². The van der Waals surface area contributed by atoms with E-state index in [1.807, 2.05) is 13.8 Å². The molecule has 0 bridgehead atoms. The van der Waals surface area contributed by atoms with Crippen LogP contribution in [0.1, 0.15) is 13.8 Å². The summed E-state index contributed by atoms with van der Waals surface area (Å²) in [5, 5.41) is 0. The molecule has 0 aliphatic rings. The fourth-order valence-electron chi connectivity index (χ4n) is 1.46. The molecule has 6 nitrogen and oxygen atoms in total.